The molecule has 0 atom stereocenters. The van der Waals surface area contributed by atoms with Crippen LogP contribution in [0.2, 0.25) is 0 Å². The summed E-state index contributed by atoms with van der Waals surface area (Å²) >= 11 is 0. The van der Waals surface area contributed by atoms with E-state index in [1.54, 1.807) is 10.6 Å². The third-order valence-electron chi connectivity index (χ3n) is 4.98. The zero-order chi connectivity index (χ0) is 18.4. The Kier molecular flexibility index (Phi) is 3.86. The number of rotatable bonds is 4. The fraction of sp³-hybridized carbons (Fsp3) is 0.412. The molecule has 1 aromatic carbocycles. The van der Waals surface area contributed by atoms with E-state index in [1.165, 1.54) is 11.2 Å². The molecule has 0 bridgehead atoms. The molecule has 136 valence electrons. The van der Waals surface area contributed by atoms with Gasteiger partial charge in [-0.3, -0.25) is 9.80 Å². The van der Waals surface area contributed by atoms with Crippen LogP contribution >= 0.6 is 0 Å². The van der Waals surface area contributed by atoms with Crippen molar-refractivity contribution >= 4 is 22.6 Å². The summed E-state index contributed by atoms with van der Waals surface area (Å²) in [5.74, 6) is -1.89. The molecule has 4 rings (SSSR count). The van der Waals surface area contributed by atoms with Gasteiger partial charge in [0.15, 0.2) is 0 Å². The molecule has 1 aliphatic carbocycles. The number of halogens is 1. The van der Waals surface area contributed by atoms with Crippen LogP contribution in [-0.4, -0.2) is 46.8 Å². The van der Waals surface area contributed by atoms with Crippen LogP contribution in [0.3, 0.4) is 0 Å². The fourth-order valence-corrected chi connectivity index (χ4v) is 3.43. The number of fused-ring (bicyclic) bond motifs is 1. The number of carbonyl (C=O) groups is 1. The van der Waals surface area contributed by atoms with Gasteiger partial charge in [0.2, 0.25) is 5.43 Å². The minimum Gasteiger partial charge on any atom is -0.477 e. The first-order chi connectivity index (χ1) is 12.5. The van der Waals surface area contributed by atoms with Crippen molar-refractivity contribution in [2.24, 2.45) is 5.29 Å². The van der Waals surface area contributed by atoms with Gasteiger partial charge in [-0.2, -0.15) is 0 Å². The summed E-state index contributed by atoms with van der Waals surface area (Å²) in [6.45, 7) is 1.67. The van der Waals surface area contributed by atoms with Gasteiger partial charge in [0.05, 0.1) is 29.6 Å². The maximum atomic E-state index is 14.7. The van der Waals surface area contributed by atoms with E-state index in [0.717, 1.165) is 18.9 Å². The van der Waals surface area contributed by atoms with Crippen LogP contribution in [-0.2, 0) is 0 Å². The molecule has 2 aromatic rings. The number of anilines is 1. The van der Waals surface area contributed by atoms with Crippen LogP contribution in [0.25, 0.3) is 10.9 Å². The molecule has 2 aliphatic rings. The lowest BCUT2D eigenvalue weighted by atomic mass is 10.1. The number of piperazine rings is 1. The van der Waals surface area contributed by atoms with E-state index in [0.29, 0.717) is 37.4 Å². The number of carboxylic acids is 1. The Morgan fingerprint density at radius 2 is 1.88 bits per heavy atom. The fourth-order valence-electron chi connectivity index (χ4n) is 3.43. The van der Waals surface area contributed by atoms with Crippen molar-refractivity contribution in [3.8, 4) is 0 Å². The normalized spacial score (nSPS) is 17.6. The molecule has 1 aliphatic heterocycles. The zero-order valence-corrected chi connectivity index (χ0v) is 13.9. The highest BCUT2D eigenvalue weighted by Crippen LogP contribution is 2.38. The topological polar surface area (TPSA) is 95.2 Å². The molecule has 2 heterocycles. The predicted molar refractivity (Wildman–Crippen MR) is 93.0 cm³/mol. The highest BCUT2D eigenvalue weighted by molar-refractivity contribution is 5.93. The van der Waals surface area contributed by atoms with Gasteiger partial charge in [-0.05, 0) is 25.0 Å². The molecular weight excluding hydrogens is 343 g/mol. The number of pyridine rings is 1. The van der Waals surface area contributed by atoms with Gasteiger partial charge in [-0.15, -0.1) is 4.91 Å². The average molecular weight is 360 g/mol. The largest absolute Gasteiger partial charge is 0.477 e. The monoisotopic (exact) mass is 360 g/mol. The Hall–Kier alpha value is -2.97. The van der Waals surface area contributed by atoms with Crippen LogP contribution < -0.4 is 10.3 Å². The maximum absolute atomic E-state index is 14.7. The number of hydrogen-bond acceptors (Lipinski definition) is 5. The number of hydrogen-bond donors (Lipinski definition) is 1. The number of benzene rings is 1. The first kappa shape index (κ1) is 16.5. The van der Waals surface area contributed by atoms with E-state index < -0.39 is 17.2 Å². The molecule has 0 unspecified atom stereocenters. The summed E-state index contributed by atoms with van der Waals surface area (Å²) in [6, 6.07) is 2.87. The first-order valence-corrected chi connectivity index (χ1v) is 8.44. The molecule has 0 spiro atoms. The Bertz CT molecular complexity index is 961. The lowest BCUT2D eigenvalue weighted by Gasteiger charge is -2.33. The van der Waals surface area contributed by atoms with Crippen LogP contribution in [0, 0.1) is 10.7 Å². The van der Waals surface area contributed by atoms with Crippen LogP contribution in [0.4, 0.5) is 10.1 Å². The van der Waals surface area contributed by atoms with E-state index in [9.17, 15) is 24.0 Å². The van der Waals surface area contributed by atoms with Crippen molar-refractivity contribution in [1.82, 2.24) is 9.58 Å². The number of carboxylic acid groups (broad SMARTS) is 1. The minimum absolute atomic E-state index is 0.0752. The van der Waals surface area contributed by atoms with Crippen molar-refractivity contribution in [3.05, 3.63) is 44.8 Å². The highest BCUT2D eigenvalue weighted by Gasteiger charge is 2.28. The second kappa shape index (κ2) is 6.08. The SMILES string of the molecule is O=NN1CCN(c2cc3c(cc2F)c(=O)c(C(=O)O)cn3C2CC2)CC1. The highest BCUT2D eigenvalue weighted by atomic mass is 19.1. The van der Waals surface area contributed by atoms with Gasteiger partial charge < -0.3 is 14.6 Å². The summed E-state index contributed by atoms with van der Waals surface area (Å²) in [5.41, 5.74) is -0.137. The Morgan fingerprint density at radius 3 is 2.46 bits per heavy atom. The van der Waals surface area contributed by atoms with Crippen LogP contribution in [0.15, 0.2) is 28.4 Å². The van der Waals surface area contributed by atoms with Crippen molar-refractivity contribution in [3.63, 3.8) is 0 Å². The number of aromatic carboxylic acids is 1. The van der Waals surface area contributed by atoms with Crippen molar-refractivity contribution in [1.29, 1.82) is 0 Å². The molecule has 1 saturated carbocycles. The second-order valence-electron chi connectivity index (χ2n) is 6.66. The second-order valence-corrected chi connectivity index (χ2v) is 6.66. The summed E-state index contributed by atoms with van der Waals surface area (Å²) in [5, 5.41) is 13.6. The lowest BCUT2D eigenvalue weighted by Crippen LogP contribution is -2.44. The van der Waals surface area contributed by atoms with Crippen molar-refractivity contribution in [2.45, 2.75) is 18.9 Å². The molecule has 1 aromatic heterocycles. The van der Waals surface area contributed by atoms with Crippen molar-refractivity contribution < 1.29 is 14.3 Å². The van der Waals surface area contributed by atoms with Crippen molar-refractivity contribution in [2.75, 3.05) is 31.1 Å². The zero-order valence-electron chi connectivity index (χ0n) is 13.9. The molecule has 1 saturated heterocycles. The van der Waals surface area contributed by atoms with Gasteiger partial charge >= 0.3 is 5.97 Å². The third kappa shape index (κ3) is 2.69. The smallest absolute Gasteiger partial charge is 0.341 e. The maximum Gasteiger partial charge on any atom is 0.341 e. The summed E-state index contributed by atoms with van der Waals surface area (Å²) in [4.78, 5) is 36.2. The van der Waals surface area contributed by atoms with Gasteiger partial charge in [0, 0.05) is 30.7 Å². The number of nitrogens with zero attached hydrogens (tertiary/aromatic N) is 4. The standard InChI is InChI=1S/C17H17FN4O4/c18-13-7-11-14(8-15(13)20-3-5-21(19-26)6-4-20)22(10-1-2-10)9-12(16(11)23)17(24)25/h7-10H,1-6H2,(H,24,25). The summed E-state index contributed by atoms with van der Waals surface area (Å²) in [7, 11) is 0. The average Bonchev–Trinajstić information content (AvgIpc) is 3.47. The van der Waals surface area contributed by atoms with Gasteiger partial charge in [0.1, 0.15) is 11.4 Å². The molecule has 9 heteroatoms. The first-order valence-electron chi connectivity index (χ1n) is 8.44. The van der Waals surface area contributed by atoms with E-state index in [2.05, 4.69) is 5.29 Å². The van der Waals surface area contributed by atoms with Crippen LogP contribution in [0.5, 0.6) is 0 Å². The van der Waals surface area contributed by atoms with Crippen LogP contribution in [0.1, 0.15) is 29.2 Å². The Morgan fingerprint density at radius 1 is 1.19 bits per heavy atom. The number of aromatic nitrogens is 1. The van der Waals surface area contributed by atoms with Gasteiger partial charge in [-0.1, -0.05) is 0 Å². The molecule has 2 fully saturated rings. The van der Waals surface area contributed by atoms with E-state index >= 15 is 0 Å². The van der Waals surface area contributed by atoms with E-state index in [1.807, 2.05) is 4.90 Å². The quantitative estimate of drug-likeness (QED) is 0.838. The third-order valence-corrected chi connectivity index (χ3v) is 4.98. The molecular formula is C17H17FN4O4. The minimum atomic E-state index is -1.31. The van der Waals surface area contributed by atoms with E-state index in [4.69, 9.17) is 0 Å². The van der Waals surface area contributed by atoms with Gasteiger partial charge in [-0.25, -0.2) is 9.18 Å². The molecule has 26 heavy (non-hydrogen) atoms. The predicted octanol–water partition coefficient (Wildman–Crippen LogP) is 1.98. The van der Waals surface area contributed by atoms with Gasteiger partial charge in [0.25, 0.3) is 0 Å². The summed E-state index contributed by atoms with van der Waals surface area (Å²) in [6.07, 6.45) is 3.15. The lowest BCUT2D eigenvalue weighted by molar-refractivity contribution is 0.0695. The Labute approximate surface area is 147 Å². The molecule has 1 N–H and O–H groups in total. The number of nitroso groups, excluding NO2 is 1. The Balaban J connectivity index is 1.85. The molecule has 8 nitrogen and oxygen atoms in total. The van der Waals surface area contributed by atoms with E-state index in [-0.39, 0.29) is 17.0 Å². The molecule has 0 amide bonds. The summed E-state index contributed by atoms with van der Waals surface area (Å²) < 4.78 is 16.5. The molecule has 0 radical (unpaired) electrons.